The molecule has 2 aliphatic rings. The molecule has 4 nitrogen and oxygen atoms in total. The second kappa shape index (κ2) is 8.93. The zero-order valence-corrected chi connectivity index (χ0v) is 10.5. The maximum absolute atomic E-state index is 5.37. The fraction of sp³-hybridized carbons (Fsp3) is 1.00. The quantitative estimate of drug-likeness (QED) is 0.715. The minimum Gasteiger partial charge on any atom is -0.329 e. The third kappa shape index (κ3) is 5.80. The number of nitrogens with zero attached hydrogens (tertiary/aromatic N) is 2. The van der Waals surface area contributed by atoms with Crippen molar-refractivity contribution in [2.75, 3.05) is 52.4 Å². The minimum absolute atomic E-state index is 0.819. The fourth-order valence-corrected chi connectivity index (χ4v) is 2.38. The number of hydrogen-bond donors (Lipinski definition) is 2. The Labute approximate surface area is 99.9 Å². The van der Waals surface area contributed by atoms with Gasteiger partial charge in [0.2, 0.25) is 0 Å². The molecule has 0 bridgehead atoms. The molecule has 2 saturated heterocycles. The lowest BCUT2D eigenvalue weighted by molar-refractivity contribution is 0.349. The third-order valence-corrected chi connectivity index (χ3v) is 3.29. The van der Waals surface area contributed by atoms with Crippen molar-refractivity contribution in [2.24, 2.45) is 11.5 Å². The Bertz CT molecular complexity index is 133. The van der Waals surface area contributed by atoms with Crippen LogP contribution < -0.4 is 11.5 Å². The van der Waals surface area contributed by atoms with Gasteiger partial charge in [-0.15, -0.1) is 0 Å². The molecule has 0 radical (unpaired) electrons. The van der Waals surface area contributed by atoms with Gasteiger partial charge >= 0.3 is 0 Å². The van der Waals surface area contributed by atoms with Crippen LogP contribution in [-0.4, -0.2) is 62.2 Å². The van der Waals surface area contributed by atoms with E-state index in [9.17, 15) is 0 Å². The van der Waals surface area contributed by atoms with Gasteiger partial charge in [0.05, 0.1) is 0 Å². The predicted molar refractivity (Wildman–Crippen MR) is 69.5 cm³/mol. The average Bonchev–Trinajstić information content (AvgIpc) is 2.92. The average molecular weight is 228 g/mol. The van der Waals surface area contributed by atoms with Crippen LogP contribution in [0.25, 0.3) is 0 Å². The first kappa shape index (κ1) is 13.9. The summed E-state index contributed by atoms with van der Waals surface area (Å²) >= 11 is 0. The van der Waals surface area contributed by atoms with Crippen molar-refractivity contribution in [1.82, 2.24) is 9.80 Å². The lowest BCUT2D eigenvalue weighted by atomic mass is 10.4. The normalized spacial score (nSPS) is 22.1. The first-order valence-electron chi connectivity index (χ1n) is 6.71. The van der Waals surface area contributed by atoms with Crippen LogP contribution in [0.1, 0.15) is 25.7 Å². The molecular weight excluding hydrogens is 200 g/mol. The molecular formula is C12H28N4. The van der Waals surface area contributed by atoms with Crippen LogP contribution in [0.15, 0.2) is 0 Å². The van der Waals surface area contributed by atoms with Crippen LogP contribution in [0.3, 0.4) is 0 Å². The van der Waals surface area contributed by atoms with E-state index in [2.05, 4.69) is 9.80 Å². The molecule has 2 fully saturated rings. The van der Waals surface area contributed by atoms with Crippen LogP contribution in [0.2, 0.25) is 0 Å². The van der Waals surface area contributed by atoms with Crippen molar-refractivity contribution >= 4 is 0 Å². The van der Waals surface area contributed by atoms with Crippen molar-refractivity contribution in [3.63, 3.8) is 0 Å². The SMILES string of the molecule is NCCN1CCCC1.NCCN1CCCC1. The van der Waals surface area contributed by atoms with Crippen LogP contribution >= 0.6 is 0 Å². The highest BCUT2D eigenvalue weighted by atomic mass is 15.1. The largest absolute Gasteiger partial charge is 0.329 e. The van der Waals surface area contributed by atoms with Crippen molar-refractivity contribution in [2.45, 2.75) is 25.7 Å². The fourth-order valence-electron chi connectivity index (χ4n) is 2.38. The molecule has 4 N–H and O–H groups in total. The smallest absolute Gasteiger partial charge is 0.0105 e. The topological polar surface area (TPSA) is 58.5 Å². The molecule has 2 aliphatic heterocycles. The molecule has 4 heteroatoms. The van der Waals surface area contributed by atoms with Gasteiger partial charge in [0.25, 0.3) is 0 Å². The Morgan fingerprint density at radius 1 is 0.625 bits per heavy atom. The van der Waals surface area contributed by atoms with Gasteiger partial charge in [-0.25, -0.2) is 0 Å². The van der Waals surface area contributed by atoms with E-state index in [-0.39, 0.29) is 0 Å². The van der Waals surface area contributed by atoms with Crippen LogP contribution in [0.4, 0.5) is 0 Å². The summed E-state index contributed by atoms with van der Waals surface area (Å²) in [5, 5.41) is 0. The van der Waals surface area contributed by atoms with E-state index >= 15 is 0 Å². The van der Waals surface area contributed by atoms with E-state index < -0.39 is 0 Å². The van der Waals surface area contributed by atoms with Gasteiger partial charge in [0.15, 0.2) is 0 Å². The third-order valence-electron chi connectivity index (χ3n) is 3.29. The Balaban J connectivity index is 0.000000160. The molecule has 0 aromatic carbocycles. The van der Waals surface area contributed by atoms with Crippen molar-refractivity contribution in [3.05, 3.63) is 0 Å². The highest BCUT2D eigenvalue weighted by molar-refractivity contribution is 4.65. The summed E-state index contributed by atoms with van der Waals surface area (Å²) < 4.78 is 0. The zero-order valence-electron chi connectivity index (χ0n) is 10.5. The molecule has 0 spiro atoms. The molecule has 16 heavy (non-hydrogen) atoms. The van der Waals surface area contributed by atoms with E-state index in [1.807, 2.05) is 0 Å². The number of nitrogens with two attached hydrogens (primary N) is 2. The van der Waals surface area contributed by atoms with Gasteiger partial charge in [0, 0.05) is 26.2 Å². The van der Waals surface area contributed by atoms with Crippen molar-refractivity contribution in [3.8, 4) is 0 Å². The maximum atomic E-state index is 5.37. The van der Waals surface area contributed by atoms with Crippen molar-refractivity contribution < 1.29 is 0 Å². The van der Waals surface area contributed by atoms with E-state index in [0.717, 1.165) is 26.2 Å². The van der Waals surface area contributed by atoms with Gasteiger partial charge < -0.3 is 21.3 Å². The summed E-state index contributed by atoms with van der Waals surface area (Å²) in [6.45, 7) is 8.93. The number of rotatable bonds is 4. The number of hydrogen-bond acceptors (Lipinski definition) is 4. The first-order chi connectivity index (χ1) is 7.86. The van der Waals surface area contributed by atoms with Crippen LogP contribution in [0, 0.1) is 0 Å². The zero-order chi connectivity index (χ0) is 11.6. The van der Waals surface area contributed by atoms with Crippen LogP contribution in [0.5, 0.6) is 0 Å². The lowest BCUT2D eigenvalue weighted by Gasteiger charge is -2.11. The molecule has 0 aromatic rings. The molecule has 0 aromatic heterocycles. The second-order valence-electron chi connectivity index (χ2n) is 4.67. The maximum Gasteiger partial charge on any atom is 0.0105 e. The highest BCUT2D eigenvalue weighted by Crippen LogP contribution is 2.05. The highest BCUT2D eigenvalue weighted by Gasteiger charge is 2.09. The van der Waals surface area contributed by atoms with E-state index in [0.29, 0.717) is 0 Å². The van der Waals surface area contributed by atoms with E-state index in [1.165, 1.54) is 51.9 Å². The lowest BCUT2D eigenvalue weighted by Crippen LogP contribution is -2.26. The van der Waals surface area contributed by atoms with Crippen LogP contribution in [-0.2, 0) is 0 Å². The number of likely N-dealkylation sites (tertiary alicyclic amines) is 2. The second-order valence-corrected chi connectivity index (χ2v) is 4.67. The summed E-state index contributed by atoms with van der Waals surface area (Å²) in [6.07, 6.45) is 5.50. The molecule has 2 heterocycles. The van der Waals surface area contributed by atoms with Gasteiger partial charge in [0.1, 0.15) is 0 Å². The first-order valence-corrected chi connectivity index (χ1v) is 6.71. The summed E-state index contributed by atoms with van der Waals surface area (Å²) in [5.41, 5.74) is 10.7. The van der Waals surface area contributed by atoms with E-state index in [1.54, 1.807) is 0 Å². The molecule has 96 valence electrons. The molecule has 0 aliphatic carbocycles. The van der Waals surface area contributed by atoms with Gasteiger partial charge in [-0.3, -0.25) is 0 Å². The molecule has 0 atom stereocenters. The summed E-state index contributed by atoms with van der Waals surface area (Å²) in [7, 11) is 0. The summed E-state index contributed by atoms with van der Waals surface area (Å²) in [4.78, 5) is 4.83. The van der Waals surface area contributed by atoms with Crippen molar-refractivity contribution in [1.29, 1.82) is 0 Å². The Kier molecular flexibility index (Phi) is 7.76. The summed E-state index contributed by atoms with van der Waals surface area (Å²) in [5.74, 6) is 0. The summed E-state index contributed by atoms with van der Waals surface area (Å²) in [6, 6.07) is 0. The standard InChI is InChI=1S/2C6H14N2/c2*7-3-6-8-4-1-2-5-8/h2*1-7H2. The van der Waals surface area contributed by atoms with Gasteiger partial charge in [-0.1, -0.05) is 0 Å². The Morgan fingerprint density at radius 2 is 0.938 bits per heavy atom. The molecule has 0 amide bonds. The minimum atomic E-state index is 0.819. The predicted octanol–water partition coefficient (Wildman–Crippen LogP) is 0.0818. The molecule has 0 saturated carbocycles. The molecule has 0 unspecified atom stereocenters. The van der Waals surface area contributed by atoms with Gasteiger partial charge in [-0.2, -0.15) is 0 Å². The van der Waals surface area contributed by atoms with E-state index in [4.69, 9.17) is 11.5 Å². The monoisotopic (exact) mass is 228 g/mol. The molecule has 2 rings (SSSR count). The Morgan fingerprint density at radius 3 is 1.19 bits per heavy atom. The Hall–Kier alpha value is -0.160. The van der Waals surface area contributed by atoms with Gasteiger partial charge in [-0.05, 0) is 51.9 Å².